The maximum absolute atomic E-state index is 14.7. The lowest BCUT2D eigenvalue weighted by atomic mass is 10.0. The molecule has 40 heavy (non-hydrogen) atoms. The third kappa shape index (κ3) is 6.56. The first kappa shape index (κ1) is 28.9. The Morgan fingerprint density at radius 2 is 2.02 bits per heavy atom. The fourth-order valence-corrected chi connectivity index (χ4v) is 4.55. The van der Waals surface area contributed by atoms with Crippen LogP contribution in [0.3, 0.4) is 0 Å². The van der Waals surface area contributed by atoms with Gasteiger partial charge in [0.1, 0.15) is 11.4 Å². The van der Waals surface area contributed by atoms with Crippen molar-refractivity contribution in [2.45, 2.75) is 31.0 Å². The number of ether oxygens (including phenoxy) is 1. The van der Waals surface area contributed by atoms with Crippen LogP contribution in [0, 0.1) is 11.8 Å². The van der Waals surface area contributed by atoms with Gasteiger partial charge in [-0.25, -0.2) is 13.8 Å². The maximum Gasteiger partial charge on any atom is 0.394 e. The van der Waals surface area contributed by atoms with Crippen molar-refractivity contribution in [3.63, 3.8) is 0 Å². The van der Waals surface area contributed by atoms with Gasteiger partial charge in [-0.15, -0.1) is 0 Å². The number of benzene rings is 1. The minimum atomic E-state index is -4.55. The smallest absolute Gasteiger partial charge is 0.394 e. The number of methoxy groups -OCH3 is 1. The summed E-state index contributed by atoms with van der Waals surface area (Å²) in [6.07, 6.45) is -4.28. The number of hydrogen-bond acceptors (Lipinski definition) is 6. The number of likely N-dealkylation sites (tertiary alicyclic amines) is 1. The molecular weight excluding hydrogens is 535 g/mol. The first-order chi connectivity index (χ1) is 18.9. The van der Waals surface area contributed by atoms with Crippen LogP contribution < -0.4 is 20.7 Å². The third-order valence-corrected chi connectivity index (χ3v) is 6.50. The monoisotopic (exact) mass is 564 g/mol. The van der Waals surface area contributed by atoms with Gasteiger partial charge in [-0.3, -0.25) is 4.79 Å². The van der Waals surface area contributed by atoms with Gasteiger partial charge in [-0.2, -0.15) is 13.2 Å². The van der Waals surface area contributed by atoms with Crippen molar-refractivity contribution in [3.05, 3.63) is 53.5 Å². The van der Waals surface area contributed by atoms with Crippen molar-refractivity contribution >= 4 is 22.9 Å². The lowest BCUT2D eigenvalue weighted by molar-refractivity contribution is -0.128. The second-order valence-electron chi connectivity index (χ2n) is 9.45. The van der Waals surface area contributed by atoms with E-state index in [-0.39, 0.29) is 41.6 Å². The van der Waals surface area contributed by atoms with Gasteiger partial charge >= 0.3 is 6.18 Å². The van der Waals surface area contributed by atoms with E-state index < -0.39 is 31.1 Å². The fraction of sp³-hybridized carbons (Fsp3) is 0.407. The molecule has 1 amide bonds. The van der Waals surface area contributed by atoms with Gasteiger partial charge in [-0.05, 0) is 49.7 Å². The molecule has 1 aromatic carbocycles. The first-order valence-corrected chi connectivity index (χ1v) is 12.4. The molecule has 13 heteroatoms. The number of anilines is 2. The fourth-order valence-electron chi connectivity index (χ4n) is 4.55. The molecular formula is C27H29F5N6O2. The molecule has 2 aromatic heterocycles. The predicted octanol–water partition coefficient (Wildman–Crippen LogP) is 4.02. The van der Waals surface area contributed by atoms with E-state index in [0.717, 1.165) is 0 Å². The lowest BCUT2D eigenvalue weighted by Crippen LogP contribution is -2.53. The number of pyridine rings is 1. The second-order valence-corrected chi connectivity index (χ2v) is 9.45. The summed E-state index contributed by atoms with van der Waals surface area (Å²) in [6.45, 7) is 0.0553. The summed E-state index contributed by atoms with van der Waals surface area (Å²) in [5, 5.41) is 8.34. The van der Waals surface area contributed by atoms with Gasteiger partial charge in [0.25, 0.3) is 11.8 Å². The summed E-state index contributed by atoms with van der Waals surface area (Å²) in [4.78, 5) is 17.7. The van der Waals surface area contributed by atoms with Gasteiger partial charge in [0.2, 0.25) is 0 Å². The van der Waals surface area contributed by atoms with Crippen LogP contribution in [0.5, 0.6) is 5.75 Å². The number of fused-ring (bicyclic) bond motifs is 1. The Balaban J connectivity index is 1.61. The molecule has 1 aliphatic heterocycles. The highest BCUT2D eigenvalue weighted by Crippen LogP contribution is 2.32. The van der Waals surface area contributed by atoms with Gasteiger partial charge in [0.15, 0.2) is 5.65 Å². The van der Waals surface area contributed by atoms with E-state index in [4.69, 9.17) is 4.74 Å². The summed E-state index contributed by atoms with van der Waals surface area (Å²) in [5.74, 6) is 2.53. The Hall–Kier alpha value is -4.05. The summed E-state index contributed by atoms with van der Waals surface area (Å²) in [7, 11) is 4.55. The number of alkyl halides is 5. The van der Waals surface area contributed by atoms with Crippen LogP contribution in [0.2, 0.25) is 0 Å². The average Bonchev–Trinajstić information content (AvgIpc) is 3.23. The zero-order valence-corrected chi connectivity index (χ0v) is 22.1. The average molecular weight is 565 g/mol. The summed E-state index contributed by atoms with van der Waals surface area (Å²) < 4.78 is 76.3. The SMILES string of the molecule is CNC(=O)c1ccc(NCC#Cc2nc3c(N[C@@H]4CCN(C)CC4(F)F)cccn3c2CC(F)(F)F)c(OC)c1. The van der Waals surface area contributed by atoms with Gasteiger partial charge in [-0.1, -0.05) is 5.92 Å². The molecule has 3 aromatic rings. The summed E-state index contributed by atoms with van der Waals surface area (Å²) in [5.41, 5.74) is 0.902. The van der Waals surface area contributed by atoms with Crippen LogP contribution in [0.1, 0.15) is 28.2 Å². The van der Waals surface area contributed by atoms with Crippen LogP contribution in [0.4, 0.5) is 33.3 Å². The van der Waals surface area contributed by atoms with E-state index in [9.17, 15) is 26.7 Å². The molecule has 4 rings (SSSR count). The quantitative estimate of drug-likeness (QED) is 0.297. The van der Waals surface area contributed by atoms with E-state index in [1.165, 1.54) is 41.8 Å². The molecule has 1 fully saturated rings. The van der Waals surface area contributed by atoms with Crippen molar-refractivity contribution in [2.24, 2.45) is 0 Å². The molecule has 1 atom stereocenters. The number of aromatic nitrogens is 2. The number of carbonyl (C=O) groups excluding carboxylic acids is 1. The third-order valence-electron chi connectivity index (χ3n) is 6.50. The van der Waals surface area contributed by atoms with Gasteiger partial charge in [0, 0.05) is 25.4 Å². The molecule has 214 valence electrons. The van der Waals surface area contributed by atoms with Crippen LogP contribution in [-0.4, -0.2) is 79.2 Å². The molecule has 1 aliphatic rings. The number of halogens is 5. The largest absolute Gasteiger partial charge is 0.495 e. The number of nitrogens with one attached hydrogen (secondary N) is 3. The van der Waals surface area contributed by atoms with E-state index in [0.29, 0.717) is 23.5 Å². The van der Waals surface area contributed by atoms with Crippen molar-refractivity contribution < 1.29 is 31.5 Å². The lowest BCUT2D eigenvalue weighted by Gasteiger charge is -2.37. The number of rotatable bonds is 7. The van der Waals surface area contributed by atoms with Crippen LogP contribution >= 0.6 is 0 Å². The molecule has 0 spiro atoms. The normalized spacial score (nSPS) is 17.1. The van der Waals surface area contributed by atoms with Gasteiger partial charge < -0.3 is 30.0 Å². The highest BCUT2D eigenvalue weighted by molar-refractivity contribution is 5.95. The van der Waals surface area contributed by atoms with Crippen molar-refractivity contribution in [1.82, 2.24) is 19.6 Å². The van der Waals surface area contributed by atoms with Crippen molar-refractivity contribution in [1.29, 1.82) is 0 Å². The number of nitrogens with zero attached hydrogens (tertiary/aromatic N) is 3. The Bertz CT molecular complexity index is 1440. The van der Waals surface area contributed by atoms with Crippen LogP contribution in [-0.2, 0) is 6.42 Å². The topological polar surface area (TPSA) is 82.9 Å². The molecule has 0 aliphatic carbocycles. The molecule has 0 radical (unpaired) electrons. The maximum atomic E-state index is 14.7. The molecule has 8 nitrogen and oxygen atoms in total. The Labute approximate surface area is 227 Å². The zero-order valence-electron chi connectivity index (χ0n) is 22.1. The highest BCUT2D eigenvalue weighted by Gasteiger charge is 2.44. The Kier molecular flexibility index (Phi) is 8.39. The highest BCUT2D eigenvalue weighted by atomic mass is 19.4. The summed E-state index contributed by atoms with van der Waals surface area (Å²) in [6, 6.07) is 6.56. The van der Waals surface area contributed by atoms with E-state index in [2.05, 4.69) is 32.8 Å². The molecule has 0 unspecified atom stereocenters. The zero-order chi connectivity index (χ0) is 29.1. The molecule has 0 bridgehead atoms. The Morgan fingerprint density at radius 3 is 2.70 bits per heavy atom. The Morgan fingerprint density at radius 1 is 1.25 bits per heavy atom. The van der Waals surface area contributed by atoms with Crippen LogP contribution in [0.15, 0.2) is 36.5 Å². The number of amides is 1. The standard InChI is InChI=1S/C27H29F5N6O2/c1-33-25(39)17-8-9-19(22(14-17)40-3)34-11-4-6-18-21(15-27(30,31)32)38-12-5-7-20(24(38)36-18)35-23-10-13-37(2)16-26(23,28)29/h5,7-9,12,14,23,34-35H,10-11,13,15-16H2,1-3H3,(H,33,39)/t23-/m1/s1. The molecule has 1 saturated heterocycles. The number of carbonyl (C=O) groups is 1. The van der Waals surface area contributed by atoms with Crippen molar-refractivity contribution in [3.8, 4) is 17.6 Å². The van der Waals surface area contributed by atoms with E-state index in [1.54, 1.807) is 25.2 Å². The van der Waals surface area contributed by atoms with E-state index >= 15 is 0 Å². The second kappa shape index (κ2) is 11.6. The molecule has 3 heterocycles. The minimum absolute atomic E-state index is 0.0297. The number of imidazole rings is 1. The molecule has 0 saturated carbocycles. The van der Waals surface area contributed by atoms with Crippen molar-refractivity contribution in [2.75, 3.05) is 51.5 Å². The number of hydrogen-bond donors (Lipinski definition) is 3. The van der Waals surface area contributed by atoms with Crippen LogP contribution in [0.25, 0.3) is 5.65 Å². The van der Waals surface area contributed by atoms with E-state index in [1.807, 2.05) is 0 Å². The van der Waals surface area contributed by atoms with Gasteiger partial charge in [0.05, 0.1) is 49.7 Å². The minimum Gasteiger partial charge on any atom is -0.495 e. The number of piperidine rings is 1. The predicted molar refractivity (Wildman–Crippen MR) is 141 cm³/mol. The first-order valence-electron chi connectivity index (χ1n) is 12.4. The summed E-state index contributed by atoms with van der Waals surface area (Å²) >= 11 is 0. The molecule has 3 N–H and O–H groups in total.